The van der Waals surface area contributed by atoms with Gasteiger partial charge in [0.15, 0.2) is 0 Å². The van der Waals surface area contributed by atoms with Crippen LogP contribution < -0.4 is 10.1 Å². The lowest BCUT2D eigenvalue weighted by molar-refractivity contribution is -0.121. The van der Waals surface area contributed by atoms with Crippen LogP contribution in [-0.4, -0.2) is 17.8 Å². The first kappa shape index (κ1) is 14.9. The molecule has 1 amide bonds. The van der Waals surface area contributed by atoms with Crippen molar-refractivity contribution in [2.24, 2.45) is 0 Å². The van der Waals surface area contributed by atoms with Crippen molar-refractivity contribution in [3.05, 3.63) is 27.7 Å². The van der Waals surface area contributed by atoms with Gasteiger partial charge in [-0.2, -0.15) is 0 Å². The summed E-state index contributed by atoms with van der Waals surface area (Å²) in [5, 5.41) is 3.91. The lowest BCUT2D eigenvalue weighted by Crippen LogP contribution is -2.22. The van der Waals surface area contributed by atoms with Crippen LogP contribution in [0.1, 0.15) is 30.4 Å². The largest absolute Gasteiger partial charge is 0.493 e. The Balaban J connectivity index is 1.91. The first-order valence-electron chi connectivity index (χ1n) is 6.47. The van der Waals surface area contributed by atoms with Crippen molar-refractivity contribution < 1.29 is 9.53 Å². The smallest absolute Gasteiger partial charge is 0.220 e. The fraction of sp³-hybridized carbons (Fsp3) is 0.500. The van der Waals surface area contributed by atoms with Crippen LogP contribution in [0, 0.1) is 0 Å². The number of carbonyl (C=O) groups excluding carboxylic acids is 1. The minimum absolute atomic E-state index is 0.104. The van der Waals surface area contributed by atoms with Gasteiger partial charge in [0.2, 0.25) is 5.91 Å². The molecular weight excluding hydrogens is 374 g/mol. The van der Waals surface area contributed by atoms with Crippen LogP contribution in [0.4, 0.5) is 0 Å². The minimum Gasteiger partial charge on any atom is -0.493 e. The Morgan fingerprint density at radius 3 is 3.00 bits per heavy atom. The molecule has 0 saturated heterocycles. The Hall–Kier alpha value is -0.550. The van der Waals surface area contributed by atoms with Crippen molar-refractivity contribution in [3.63, 3.8) is 0 Å². The van der Waals surface area contributed by atoms with Gasteiger partial charge in [-0.25, -0.2) is 0 Å². The zero-order valence-corrected chi connectivity index (χ0v) is 13.8. The van der Waals surface area contributed by atoms with Crippen LogP contribution in [0.3, 0.4) is 0 Å². The molecule has 1 aromatic carbocycles. The van der Waals surface area contributed by atoms with E-state index in [1.54, 1.807) is 0 Å². The number of nitrogens with one attached hydrogen (secondary N) is 1. The van der Waals surface area contributed by atoms with Crippen LogP contribution in [0.25, 0.3) is 0 Å². The molecule has 0 bridgehead atoms. The van der Waals surface area contributed by atoms with Crippen molar-refractivity contribution in [1.82, 2.24) is 5.32 Å². The zero-order chi connectivity index (χ0) is 13.7. The average Bonchev–Trinajstić information content (AvgIpc) is 2.84. The predicted molar refractivity (Wildman–Crippen MR) is 82.8 cm³/mol. The van der Waals surface area contributed by atoms with Crippen LogP contribution in [0.15, 0.2) is 16.6 Å². The SMILES string of the molecule is O=C(CCCCBr)NCc1cc(Br)cc2c1OCC2. The van der Waals surface area contributed by atoms with Crippen LogP contribution >= 0.6 is 31.9 Å². The van der Waals surface area contributed by atoms with E-state index in [4.69, 9.17) is 4.74 Å². The quantitative estimate of drug-likeness (QED) is 0.595. The number of fused-ring (bicyclic) bond motifs is 1. The molecule has 0 unspecified atom stereocenters. The number of ether oxygens (including phenoxy) is 1. The number of carbonyl (C=O) groups is 1. The van der Waals surface area contributed by atoms with E-state index < -0.39 is 0 Å². The van der Waals surface area contributed by atoms with Crippen LogP contribution in [0.2, 0.25) is 0 Å². The number of hydrogen-bond acceptors (Lipinski definition) is 2. The van der Waals surface area contributed by atoms with Gasteiger partial charge in [0.05, 0.1) is 6.61 Å². The van der Waals surface area contributed by atoms with Gasteiger partial charge >= 0.3 is 0 Å². The molecule has 1 heterocycles. The lowest BCUT2D eigenvalue weighted by atomic mass is 10.1. The Bertz CT molecular complexity index is 463. The van der Waals surface area contributed by atoms with E-state index in [-0.39, 0.29) is 5.91 Å². The number of alkyl halides is 1. The van der Waals surface area contributed by atoms with Gasteiger partial charge in [-0.1, -0.05) is 31.9 Å². The Kier molecular flexibility index (Phi) is 5.70. The second kappa shape index (κ2) is 7.29. The highest BCUT2D eigenvalue weighted by atomic mass is 79.9. The van der Waals surface area contributed by atoms with E-state index in [9.17, 15) is 4.79 Å². The molecule has 1 aromatic rings. The number of amides is 1. The normalized spacial score (nSPS) is 12.9. The summed E-state index contributed by atoms with van der Waals surface area (Å²) < 4.78 is 6.68. The fourth-order valence-electron chi connectivity index (χ4n) is 2.14. The molecule has 0 aromatic heterocycles. The molecule has 2 rings (SSSR count). The maximum atomic E-state index is 11.7. The van der Waals surface area contributed by atoms with Gasteiger partial charge in [0.25, 0.3) is 0 Å². The molecule has 0 aliphatic carbocycles. The average molecular weight is 391 g/mol. The van der Waals surface area contributed by atoms with E-state index >= 15 is 0 Å². The standard InChI is InChI=1S/C14H17Br2NO2/c15-5-2-1-3-13(18)17-9-11-8-12(16)7-10-4-6-19-14(10)11/h7-8H,1-6,9H2,(H,17,18). The number of unbranched alkanes of at least 4 members (excludes halogenated alkanes) is 1. The first-order valence-corrected chi connectivity index (χ1v) is 8.39. The summed E-state index contributed by atoms with van der Waals surface area (Å²) in [6.07, 6.45) is 3.48. The fourth-order valence-corrected chi connectivity index (χ4v) is 3.09. The van der Waals surface area contributed by atoms with E-state index in [2.05, 4.69) is 43.2 Å². The monoisotopic (exact) mass is 389 g/mol. The summed E-state index contributed by atoms with van der Waals surface area (Å²) in [6, 6.07) is 4.10. The molecule has 0 atom stereocenters. The number of benzene rings is 1. The van der Waals surface area contributed by atoms with Gasteiger partial charge in [-0.3, -0.25) is 4.79 Å². The topological polar surface area (TPSA) is 38.3 Å². The van der Waals surface area contributed by atoms with E-state index in [1.165, 1.54) is 5.56 Å². The van der Waals surface area contributed by atoms with Gasteiger partial charge in [-0.05, 0) is 30.5 Å². The van der Waals surface area contributed by atoms with Crippen molar-refractivity contribution >= 4 is 37.8 Å². The summed E-state index contributed by atoms with van der Waals surface area (Å²) in [5.74, 6) is 1.05. The molecule has 0 fully saturated rings. The number of hydrogen-bond donors (Lipinski definition) is 1. The molecule has 5 heteroatoms. The number of rotatable bonds is 6. The highest BCUT2D eigenvalue weighted by Crippen LogP contribution is 2.32. The van der Waals surface area contributed by atoms with Gasteiger partial charge in [0, 0.05) is 34.8 Å². The van der Waals surface area contributed by atoms with Gasteiger partial charge < -0.3 is 10.1 Å². The van der Waals surface area contributed by atoms with Crippen LogP contribution in [0.5, 0.6) is 5.75 Å². The zero-order valence-electron chi connectivity index (χ0n) is 10.7. The molecule has 0 spiro atoms. The molecule has 3 nitrogen and oxygen atoms in total. The molecule has 0 radical (unpaired) electrons. The third-order valence-corrected chi connectivity index (χ3v) is 4.11. The molecule has 0 saturated carbocycles. The van der Waals surface area contributed by atoms with Crippen molar-refractivity contribution in [2.45, 2.75) is 32.2 Å². The van der Waals surface area contributed by atoms with Gasteiger partial charge in [0.1, 0.15) is 5.75 Å². The van der Waals surface area contributed by atoms with Gasteiger partial charge in [-0.15, -0.1) is 0 Å². The predicted octanol–water partition coefficient (Wildman–Crippen LogP) is 3.57. The highest BCUT2D eigenvalue weighted by molar-refractivity contribution is 9.10. The summed E-state index contributed by atoms with van der Waals surface area (Å²) >= 11 is 6.86. The minimum atomic E-state index is 0.104. The van der Waals surface area contributed by atoms with E-state index in [1.807, 2.05) is 6.07 Å². The third-order valence-electron chi connectivity index (χ3n) is 3.09. The summed E-state index contributed by atoms with van der Waals surface area (Å²) in [5.41, 5.74) is 2.27. The van der Waals surface area contributed by atoms with Crippen molar-refractivity contribution in [3.8, 4) is 5.75 Å². The number of halogens is 2. The van der Waals surface area contributed by atoms with Crippen LogP contribution in [-0.2, 0) is 17.8 Å². The lowest BCUT2D eigenvalue weighted by Gasteiger charge is -2.10. The highest BCUT2D eigenvalue weighted by Gasteiger charge is 2.17. The van der Waals surface area contributed by atoms with E-state index in [0.29, 0.717) is 13.0 Å². The summed E-state index contributed by atoms with van der Waals surface area (Å²) in [4.78, 5) is 11.7. The summed E-state index contributed by atoms with van der Waals surface area (Å²) in [6.45, 7) is 1.27. The molecule has 104 valence electrons. The maximum absolute atomic E-state index is 11.7. The third kappa shape index (κ3) is 4.21. The molecule has 1 N–H and O–H groups in total. The second-order valence-corrected chi connectivity index (χ2v) is 6.28. The Labute approximate surface area is 130 Å². The molecule has 1 aliphatic heterocycles. The second-order valence-electron chi connectivity index (χ2n) is 4.57. The molecule has 1 aliphatic rings. The Morgan fingerprint density at radius 1 is 1.37 bits per heavy atom. The Morgan fingerprint density at radius 2 is 2.21 bits per heavy atom. The van der Waals surface area contributed by atoms with Crippen molar-refractivity contribution in [2.75, 3.05) is 11.9 Å². The first-order chi connectivity index (χ1) is 9.20. The molecular formula is C14H17Br2NO2. The molecule has 19 heavy (non-hydrogen) atoms. The maximum Gasteiger partial charge on any atom is 0.220 e. The van der Waals surface area contributed by atoms with Crippen molar-refractivity contribution in [1.29, 1.82) is 0 Å². The summed E-state index contributed by atoms with van der Waals surface area (Å²) in [7, 11) is 0. The van der Waals surface area contributed by atoms with E-state index in [0.717, 1.165) is 47.0 Å².